The Labute approximate surface area is 117 Å². The quantitative estimate of drug-likeness (QED) is 0.900. The first-order valence-electron chi connectivity index (χ1n) is 7.02. The zero-order valence-corrected chi connectivity index (χ0v) is 12.2. The topological polar surface area (TPSA) is 45.2 Å². The molecule has 0 unspecified atom stereocenters. The van der Waals surface area contributed by atoms with E-state index in [0.29, 0.717) is 0 Å². The van der Waals surface area contributed by atoms with E-state index in [1.165, 1.54) is 18.4 Å². The second-order valence-electron chi connectivity index (χ2n) is 5.40. The number of aryl methyl sites for hydroxylation is 1. The maximum atomic E-state index is 11.4. The standard InChI is InChI=1S/C14H21N3OS/c1-11-12(10-15-13-3-4-13)2-5-14(16-11)17-6-8-19(18)9-7-17/h2,5,13,15H,3-4,6-10H2,1H3. The zero-order valence-electron chi connectivity index (χ0n) is 11.4. The van der Waals surface area contributed by atoms with E-state index in [2.05, 4.69) is 29.3 Å². The van der Waals surface area contributed by atoms with Crippen molar-refractivity contribution in [3.8, 4) is 0 Å². The lowest BCUT2D eigenvalue weighted by Crippen LogP contribution is -2.38. The SMILES string of the molecule is Cc1nc(N2CCS(=O)CC2)ccc1CNC1CC1. The van der Waals surface area contributed by atoms with E-state index in [1.807, 2.05) is 0 Å². The molecule has 1 N–H and O–H groups in total. The largest absolute Gasteiger partial charge is 0.355 e. The Kier molecular flexibility index (Phi) is 3.84. The predicted octanol–water partition coefficient (Wildman–Crippen LogP) is 1.21. The van der Waals surface area contributed by atoms with E-state index in [0.717, 1.165) is 48.7 Å². The Bertz CT molecular complexity index is 478. The van der Waals surface area contributed by atoms with Crippen LogP contribution in [0.15, 0.2) is 12.1 Å². The van der Waals surface area contributed by atoms with Crippen LogP contribution in [0.1, 0.15) is 24.1 Å². The molecule has 0 amide bonds. The van der Waals surface area contributed by atoms with Gasteiger partial charge in [-0.3, -0.25) is 4.21 Å². The van der Waals surface area contributed by atoms with Gasteiger partial charge in [-0.15, -0.1) is 0 Å². The van der Waals surface area contributed by atoms with Crippen LogP contribution >= 0.6 is 0 Å². The van der Waals surface area contributed by atoms with Gasteiger partial charge in [0, 0.05) is 53.7 Å². The molecule has 0 bridgehead atoms. The molecule has 0 aromatic carbocycles. The van der Waals surface area contributed by atoms with Gasteiger partial charge in [-0.05, 0) is 31.4 Å². The third-order valence-corrected chi connectivity index (χ3v) is 5.12. The third-order valence-electron chi connectivity index (χ3n) is 3.84. The van der Waals surface area contributed by atoms with Gasteiger partial charge in [0.1, 0.15) is 5.82 Å². The fourth-order valence-electron chi connectivity index (χ4n) is 2.35. The van der Waals surface area contributed by atoms with Crippen LogP contribution in [-0.2, 0) is 17.3 Å². The van der Waals surface area contributed by atoms with Gasteiger partial charge < -0.3 is 10.2 Å². The highest BCUT2D eigenvalue weighted by Crippen LogP contribution is 2.21. The van der Waals surface area contributed by atoms with Crippen molar-refractivity contribution < 1.29 is 4.21 Å². The Morgan fingerprint density at radius 3 is 2.74 bits per heavy atom. The average molecular weight is 279 g/mol. The second-order valence-corrected chi connectivity index (χ2v) is 7.10. The minimum absolute atomic E-state index is 0.625. The molecule has 0 spiro atoms. The number of nitrogens with zero attached hydrogens (tertiary/aromatic N) is 2. The van der Waals surface area contributed by atoms with Crippen molar-refractivity contribution in [3.63, 3.8) is 0 Å². The van der Waals surface area contributed by atoms with Crippen molar-refractivity contribution in [2.24, 2.45) is 0 Å². The Morgan fingerprint density at radius 2 is 2.11 bits per heavy atom. The fourth-order valence-corrected chi connectivity index (χ4v) is 3.40. The van der Waals surface area contributed by atoms with Gasteiger partial charge >= 0.3 is 0 Å². The van der Waals surface area contributed by atoms with E-state index < -0.39 is 10.8 Å². The first kappa shape index (κ1) is 13.1. The van der Waals surface area contributed by atoms with Crippen molar-refractivity contribution in [2.45, 2.75) is 32.4 Å². The van der Waals surface area contributed by atoms with Crippen LogP contribution in [0.2, 0.25) is 0 Å². The minimum atomic E-state index is -0.625. The highest BCUT2D eigenvalue weighted by atomic mass is 32.2. The fraction of sp³-hybridized carbons (Fsp3) is 0.643. The van der Waals surface area contributed by atoms with Crippen molar-refractivity contribution in [1.82, 2.24) is 10.3 Å². The molecule has 1 saturated heterocycles. The predicted molar refractivity (Wildman–Crippen MR) is 78.9 cm³/mol. The summed E-state index contributed by atoms with van der Waals surface area (Å²) in [6.07, 6.45) is 2.63. The van der Waals surface area contributed by atoms with Gasteiger partial charge in [0.05, 0.1) is 0 Å². The zero-order chi connectivity index (χ0) is 13.2. The number of rotatable bonds is 4. The molecule has 2 aliphatic rings. The van der Waals surface area contributed by atoms with Crippen LogP contribution in [0.3, 0.4) is 0 Å². The van der Waals surface area contributed by atoms with Crippen LogP contribution in [0, 0.1) is 6.92 Å². The molecule has 1 aromatic rings. The summed E-state index contributed by atoms with van der Waals surface area (Å²) in [5.74, 6) is 2.57. The van der Waals surface area contributed by atoms with E-state index in [1.54, 1.807) is 0 Å². The normalized spacial score (nSPS) is 20.8. The molecule has 2 fully saturated rings. The summed E-state index contributed by atoms with van der Waals surface area (Å²) in [5, 5.41) is 3.52. The number of hydrogen-bond donors (Lipinski definition) is 1. The van der Waals surface area contributed by atoms with Crippen LogP contribution in [0.25, 0.3) is 0 Å². The molecule has 1 aliphatic carbocycles. The molecular weight excluding hydrogens is 258 g/mol. The molecule has 19 heavy (non-hydrogen) atoms. The summed E-state index contributed by atoms with van der Waals surface area (Å²) in [5.41, 5.74) is 2.40. The minimum Gasteiger partial charge on any atom is -0.355 e. The maximum Gasteiger partial charge on any atom is 0.128 e. The summed E-state index contributed by atoms with van der Waals surface area (Å²) >= 11 is 0. The van der Waals surface area contributed by atoms with Crippen LogP contribution < -0.4 is 10.2 Å². The maximum absolute atomic E-state index is 11.4. The van der Waals surface area contributed by atoms with Crippen molar-refractivity contribution in [2.75, 3.05) is 29.5 Å². The molecule has 4 nitrogen and oxygen atoms in total. The average Bonchev–Trinajstić information content (AvgIpc) is 3.22. The number of pyridine rings is 1. The molecule has 1 saturated carbocycles. The van der Waals surface area contributed by atoms with Gasteiger partial charge in [0.2, 0.25) is 0 Å². The van der Waals surface area contributed by atoms with Crippen molar-refractivity contribution in [3.05, 3.63) is 23.4 Å². The van der Waals surface area contributed by atoms with E-state index in [-0.39, 0.29) is 0 Å². The summed E-state index contributed by atoms with van der Waals surface area (Å²) in [7, 11) is -0.625. The molecule has 1 aliphatic heterocycles. The first-order chi connectivity index (χ1) is 9.22. The van der Waals surface area contributed by atoms with E-state index >= 15 is 0 Å². The number of hydrogen-bond acceptors (Lipinski definition) is 4. The van der Waals surface area contributed by atoms with E-state index in [9.17, 15) is 4.21 Å². The molecule has 3 rings (SSSR count). The summed E-state index contributed by atoms with van der Waals surface area (Å²) < 4.78 is 11.4. The summed E-state index contributed by atoms with van der Waals surface area (Å²) in [6.45, 7) is 4.72. The molecular formula is C14H21N3OS. The van der Waals surface area contributed by atoms with Crippen LogP contribution in [-0.4, -0.2) is 39.8 Å². The van der Waals surface area contributed by atoms with Gasteiger partial charge in [0.25, 0.3) is 0 Å². The monoisotopic (exact) mass is 279 g/mol. The van der Waals surface area contributed by atoms with E-state index in [4.69, 9.17) is 4.98 Å². The second kappa shape index (κ2) is 5.59. The van der Waals surface area contributed by atoms with Crippen LogP contribution in [0.5, 0.6) is 0 Å². The van der Waals surface area contributed by atoms with Gasteiger partial charge in [-0.2, -0.15) is 0 Å². The number of aromatic nitrogens is 1. The van der Waals surface area contributed by atoms with Crippen LogP contribution in [0.4, 0.5) is 5.82 Å². The summed E-state index contributed by atoms with van der Waals surface area (Å²) in [6, 6.07) is 5.01. The Balaban J connectivity index is 1.65. The lowest BCUT2D eigenvalue weighted by Gasteiger charge is -2.27. The highest BCUT2D eigenvalue weighted by Gasteiger charge is 2.21. The molecule has 5 heteroatoms. The van der Waals surface area contributed by atoms with Gasteiger partial charge in [-0.25, -0.2) is 4.98 Å². The smallest absolute Gasteiger partial charge is 0.128 e. The van der Waals surface area contributed by atoms with Crippen molar-refractivity contribution in [1.29, 1.82) is 0 Å². The highest BCUT2D eigenvalue weighted by molar-refractivity contribution is 7.85. The lowest BCUT2D eigenvalue weighted by molar-refractivity contribution is 0.671. The summed E-state index contributed by atoms with van der Waals surface area (Å²) in [4.78, 5) is 6.95. The number of anilines is 1. The van der Waals surface area contributed by atoms with Gasteiger partial charge in [0.15, 0.2) is 0 Å². The van der Waals surface area contributed by atoms with Gasteiger partial charge in [-0.1, -0.05) is 6.07 Å². The molecule has 0 radical (unpaired) electrons. The first-order valence-corrected chi connectivity index (χ1v) is 8.51. The van der Waals surface area contributed by atoms with Crippen molar-refractivity contribution >= 4 is 16.6 Å². The lowest BCUT2D eigenvalue weighted by atomic mass is 10.2. The Morgan fingerprint density at radius 1 is 1.37 bits per heavy atom. The third kappa shape index (κ3) is 3.34. The molecule has 104 valence electrons. The number of nitrogens with one attached hydrogen (secondary N) is 1. The molecule has 2 heterocycles. The Hall–Kier alpha value is -0.940. The molecule has 0 atom stereocenters. The molecule has 1 aromatic heterocycles.